The largest absolute Gasteiger partial charge is 0.495 e. The van der Waals surface area contributed by atoms with Crippen LogP contribution >= 0.6 is 0 Å². The number of ether oxygens (including phenoxy) is 2. The summed E-state index contributed by atoms with van der Waals surface area (Å²) in [6, 6.07) is 7.27. The van der Waals surface area contributed by atoms with Crippen molar-refractivity contribution in [1.82, 2.24) is 0 Å². The Labute approximate surface area is 169 Å². The molecule has 1 aromatic carbocycles. The minimum atomic E-state index is -0.645. The normalized spacial score (nSPS) is 18.8. The zero-order valence-electron chi connectivity index (χ0n) is 16.8. The number of anilines is 2. The van der Waals surface area contributed by atoms with Crippen LogP contribution in [0.4, 0.5) is 11.4 Å². The fourth-order valence-electron chi connectivity index (χ4n) is 4.03. The second kappa shape index (κ2) is 8.29. The van der Waals surface area contributed by atoms with Crippen LogP contribution in [0.3, 0.4) is 0 Å². The van der Waals surface area contributed by atoms with Gasteiger partial charge in [-0.25, -0.2) is 4.79 Å². The van der Waals surface area contributed by atoms with Crippen LogP contribution in [0, 0.1) is 6.92 Å². The number of aryl methyl sites for hydroxylation is 1. The van der Waals surface area contributed by atoms with Gasteiger partial charge in [0.2, 0.25) is 0 Å². The summed E-state index contributed by atoms with van der Waals surface area (Å²) in [5, 5.41) is 2.79. The van der Waals surface area contributed by atoms with E-state index in [1.54, 1.807) is 26.2 Å². The molecule has 29 heavy (non-hydrogen) atoms. The molecule has 0 spiro atoms. The topological polar surface area (TPSA) is 81.0 Å². The van der Waals surface area contributed by atoms with Crippen molar-refractivity contribution in [3.05, 3.63) is 51.6 Å². The Hall–Kier alpha value is -2.80. The van der Waals surface area contributed by atoms with Gasteiger partial charge < -0.3 is 24.1 Å². The summed E-state index contributed by atoms with van der Waals surface area (Å²) >= 11 is 0. The second-order valence-corrected chi connectivity index (χ2v) is 7.53. The molecule has 2 aromatic rings. The third-order valence-corrected chi connectivity index (χ3v) is 5.53. The first kappa shape index (κ1) is 19.5. The Balaban J connectivity index is 1.55. The molecule has 7 nitrogen and oxygen atoms in total. The van der Waals surface area contributed by atoms with Crippen molar-refractivity contribution in [2.24, 2.45) is 0 Å². The molecule has 2 fully saturated rings. The molecule has 2 saturated heterocycles. The molecule has 1 atom stereocenters. The highest BCUT2D eigenvalue weighted by Gasteiger charge is 2.24. The van der Waals surface area contributed by atoms with Gasteiger partial charge in [-0.3, -0.25) is 4.79 Å². The molecule has 0 bridgehead atoms. The number of hydrogen-bond donors (Lipinski definition) is 1. The molecule has 2 aliphatic rings. The smallest absolute Gasteiger partial charge is 0.349 e. The first-order valence-corrected chi connectivity index (χ1v) is 10.1. The van der Waals surface area contributed by atoms with E-state index in [0.717, 1.165) is 31.6 Å². The molecule has 7 heteroatoms. The van der Waals surface area contributed by atoms with Crippen LogP contribution in [0.1, 0.15) is 53.5 Å². The van der Waals surface area contributed by atoms with Gasteiger partial charge >= 0.3 is 5.63 Å². The van der Waals surface area contributed by atoms with Crippen LogP contribution < -0.4 is 20.6 Å². The molecule has 154 valence electrons. The molecule has 0 saturated carbocycles. The summed E-state index contributed by atoms with van der Waals surface area (Å²) in [5.41, 5.74) is 1.52. The minimum Gasteiger partial charge on any atom is -0.495 e. The predicted molar refractivity (Wildman–Crippen MR) is 110 cm³/mol. The van der Waals surface area contributed by atoms with Crippen LogP contribution in [0.5, 0.6) is 5.75 Å². The summed E-state index contributed by atoms with van der Waals surface area (Å²) in [6.45, 7) is 4.39. The Morgan fingerprint density at radius 1 is 1.21 bits per heavy atom. The highest BCUT2D eigenvalue weighted by molar-refractivity contribution is 6.05. The van der Waals surface area contributed by atoms with E-state index in [2.05, 4.69) is 10.2 Å². The molecule has 1 amide bonds. The fraction of sp³-hybridized carbons (Fsp3) is 0.455. The van der Waals surface area contributed by atoms with E-state index >= 15 is 0 Å². The van der Waals surface area contributed by atoms with Crippen molar-refractivity contribution < 1.29 is 18.7 Å². The molecule has 4 rings (SSSR count). The Morgan fingerprint density at radius 2 is 2.00 bits per heavy atom. The monoisotopic (exact) mass is 398 g/mol. The lowest BCUT2D eigenvalue weighted by atomic mass is 10.1. The van der Waals surface area contributed by atoms with E-state index < -0.39 is 11.5 Å². The lowest BCUT2D eigenvalue weighted by Gasteiger charge is -2.21. The van der Waals surface area contributed by atoms with E-state index in [1.807, 2.05) is 12.1 Å². The van der Waals surface area contributed by atoms with Crippen molar-refractivity contribution >= 4 is 17.3 Å². The quantitative estimate of drug-likeness (QED) is 0.828. The van der Waals surface area contributed by atoms with Gasteiger partial charge in [-0.2, -0.15) is 0 Å². The number of benzene rings is 1. The van der Waals surface area contributed by atoms with Crippen molar-refractivity contribution in [1.29, 1.82) is 0 Å². The molecule has 3 heterocycles. The van der Waals surface area contributed by atoms with Crippen molar-refractivity contribution in [2.45, 2.75) is 38.7 Å². The van der Waals surface area contributed by atoms with Gasteiger partial charge in [0, 0.05) is 31.5 Å². The first-order valence-electron chi connectivity index (χ1n) is 10.1. The first-order chi connectivity index (χ1) is 14.1. The maximum Gasteiger partial charge on any atom is 0.349 e. The van der Waals surface area contributed by atoms with Gasteiger partial charge in [0.1, 0.15) is 23.2 Å². The van der Waals surface area contributed by atoms with Crippen molar-refractivity contribution in [3.63, 3.8) is 0 Å². The van der Waals surface area contributed by atoms with Gasteiger partial charge in [0.05, 0.1) is 12.8 Å². The number of carbonyl (C=O) groups excluding carboxylic acids is 1. The number of rotatable bonds is 5. The van der Waals surface area contributed by atoms with Gasteiger partial charge in [-0.05, 0) is 56.4 Å². The highest BCUT2D eigenvalue weighted by Crippen LogP contribution is 2.33. The predicted octanol–water partition coefficient (Wildman–Crippen LogP) is 3.66. The van der Waals surface area contributed by atoms with E-state index in [-0.39, 0.29) is 11.7 Å². The summed E-state index contributed by atoms with van der Waals surface area (Å²) in [6.07, 6.45) is 3.88. The molecular formula is C22H26N2O5. The zero-order chi connectivity index (χ0) is 20.4. The number of amides is 1. The number of methoxy groups -OCH3 is 1. The summed E-state index contributed by atoms with van der Waals surface area (Å²) in [5.74, 6) is 0.687. The van der Waals surface area contributed by atoms with E-state index in [0.29, 0.717) is 29.4 Å². The Morgan fingerprint density at radius 3 is 2.66 bits per heavy atom. The molecule has 1 N–H and O–H groups in total. The average Bonchev–Trinajstić information content (AvgIpc) is 3.41. The lowest BCUT2D eigenvalue weighted by molar-refractivity contribution is 0.0895. The Bertz CT molecular complexity index is 956. The van der Waals surface area contributed by atoms with Gasteiger partial charge in [-0.1, -0.05) is 0 Å². The average molecular weight is 398 g/mol. The standard InChI is InChI=1S/C22H26N2O5/c1-14-12-19(17-6-5-11-28-17)29-22(26)20(14)21(25)23-15-7-8-16(18(13-15)27-2)24-9-3-4-10-24/h7-8,12-13,17H,3-6,9-11H2,1-2H3,(H,23,25). The molecular weight excluding hydrogens is 372 g/mol. The summed E-state index contributed by atoms with van der Waals surface area (Å²) < 4.78 is 16.5. The SMILES string of the molecule is COc1cc(NC(=O)c2c(C)cc(C3CCCO3)oc2=O)ccc1N1CCCC1. The number of nitrogens with one attached hydrogen (secondary N) is 1. The molecule has 1 unspecified atom stereocenters. The van der Waals surface area contributed by atoms with Crippen LogP contribution in [-0.2, 0) is 4.74 Å². The fourth-order valence-corrected chi connectivity index (χ4v) is 4.03. The minimum absolute atomic E-state index is 0.00864. The Kier molecular flexibility index (Phi) is 5.58. The molecule has 0 radical (unpaired) electrons. The third kappa shape index (κ3) is 4.00. The van der Waals surface area contributed by atoms with Crippen LogP contribution in [0.15, 0.2) is 33.5 Å². The summed E-state index contributed by atoms with van der Waals surface area (Å²) in [7, 11) is 1.61. The maximum atomic E-state index is 12.8. The van der Waals surface area contributed by atoms with Gasteiger partial charge in [-0.15, -0.1) is 0 Å². The van der Waals surface area contributed by atoms with Crippen molar-refractivity contribution in [2.75, 3.05) is 37.0 Å². The van der Waals surface area contributed by atoms with E-state index in [1.165, 1.54) is 12.8 Å². The van der Waals surface area contributed by atoms with Gasteiger partial charge in [0.25, 0.3) is 5.91 Å². The lowest BCUT2D eigenvalue weighted by Crippen LogP contribution is -2.23. The maximum absolute atomic E-state index is 12.8. The molecule has 2 aliphatic heterocycles. The number of hydrogen-bond acceptors (Lipinski definition) is 6. The third-order valence-electron chi connectivity index (χ3n) is 5.53. The molecule has 0 aliphatic carbocycles. The van der Waals surface area contributed by atoms with Crippen molar-refractivity contribution in [3.8, 4) is 5.75 Å². The molecule has 1 aromatic heterocycles. The summed E-state index contributed by atoms with van der Waals surface area (Å²) in [4.78, 5) is 27.5. The van der Waals surface area contributed by atoms with E-state index in [4.69, 9.17) is 13.9 Å². The zero-order valence-corrected chi connectivity index (χ0v) is 16.8. The van der Waals surface area contributed by atoms with Gasteiger partial charge in [0.15, 0.2) is 0 Å². The van der Waals surface area contributed by atoms with Crippen LogP contribution in [-0.4, -0.2) is 32.7 Å². The van der Waals surface area contributed by atoms with E-state index in [9.17, 15) is 9.59 Å². The van der Waals surface area contributed by atoms with Crippen LogP contribution in [0.2, 0.25) is 0 Å². The highest BCUT2D eigenvalue weighted by atomic mass is 16.5. The number of carbonyl (C=O) groups is 1. The second-order valence-electron chi connectivity index (χ2n) is 7.53. The number of nitrogens with zero attached hydrogens (tertiary/aromatic N) is 1. The van der Waals surface area contributed by atoms with Crippen LogP contribution in [0.25, 0.3) is 0 Å².